The maximum Gasteiger partial charge on any atom is 0.0968 e. The van der Waals surface area contributed by atoms with Gasteiger partial charge in [-0.1, -0.05) is 41.5 Å². The zero-order valence-electron chi connectivity index (χ0n) is 13.2. The SMILES string of the molecule is CC(C)Cc1nc(C2CC2(C)C)sc1CNC(C)C. The minimum absolute atomic E-state index is 0.482. The zero-order valence-corrected chi connectivity index (χ0v) is 14.0. The Hall–Kier alpha value is -0.410. The van der Waals surface area contributed by atoms with Gasteiger partial charge in [0.1, 0.15) is 0 Å². The molecule has 0 radical (unpaired) electrons. The molecule has 0 spiro atoms. The Kier molecular flexibility index (Phi) is 4.36. The van der Waals surface area contributed by atoms with Crippen LogP contribution in [0.15, 0.2) is 0 Å². The third-order valence-corrected chi connectivity index (χ3v) is 5.09. The number of aromatic nitrogens is 1. The van der Waals surface area contributed by atoms with Crippen LogP contribution >= 0.6 is 11.3 Å². The summed E-state index contributed by atoms with van der Waals surface area (Å²) in [5.74, 6) is 1.39. The molecule has 1 unspecified atom stereocenters. The molecule has 0 aliphatic heterocycles. The van der Waals surface area contributed by atoms with Crippen molar-refractivity contribution in [1.82, 2.24) is 10.3 Å². The number of nitrogens with zero attached hydrogens (tertiary/aromatic N) is 1. The Bertz CT molecular complexity index is 432. The van der Waals surface area contributed by atoms with E-state index in [1.54, 1.807) is 0 Å². The van der Waals surface area contributed by atoms with Crippen molar-refractivity contribution >= 4 is 11.3 Å². The fourth-order valence-corrected chi connectivity index (χ4v) is 3.78. The Morgan fingerprint density at radius 3 is 2.42 bits per heavy atom. The Morgan fingerprint density at radius 1 is 1.32 bits per heavy atom. The summed E-state index contributed by atoms with van der Waals surface area (Å²) < 4.78 is 0. The van der Waals surface area contributed by atoms with Gasteiger partial charge in [0.25, 0.3) is 0 Å². The van der Waals surface area contributed by atoms with E-state index in [-0.39, 0.29) is 0 Å². The van der Waals surface area contributed by atoms with Crippen LogP contribution in [-0.4, -0.2) is 11.0 Å². The van der Waals surface area contributed by atoms with E-state index in [1.807, 2.05) is 11.3 Å². The lowest BCUT2D eigenvalue weighted by atomic mass is 10.1. The predicted molar refractivity (Wildman–Crippen MR) is 83.8 cm³/mol. The van der Waals surface area contributed by atoms with Crippen LogP contribution in [0.4, 0.5) is 0 Å². The van der Waals surface area contributed by atoms with Crippen molar-refractivity contribution in [3.05, 3.63) is 15.6 Å². The summed E-state index contributed by atoms with van der Waals surface area (Å²) in [6.07, 6.45) is 2.41. The summed E-state index contributed by atoms with van der Waals surface area (Å²) in [6.45, 7) is 14.6. The molecule has 1 aliphatic rings. The van der Waals surface area contributed by atoms with E-state index in [0.29, 0.717) is 23.3 Å². The molecule has 2 rings (SSSR count). The average Bonchev–Trinajstić information content (AvgIpc) is 2.74. The molecular formula is C16H28N2S. The summed E-state index contributed by atoms with van der Waals surface area (Å²) in [4.78, 5) is 6.42. The van der Waals surface area contributed by atoms with Gasteiger partial charge in [-0.25, -0.2) is 4.98 Å². The van der Waals surface area contributed by atoms with E-state index >= 15 is 0 Å². The third-order valence-electron chi connectivity index (χ3n) is 3.88. The first-order valence-electron chi connectivity index (χ1n) is 7.51. The zero-order chi connectivity index (χ0) is 14.2. The van der Waals surface area contributed by atoms with Gasteiger partial charge in [-0.05, 0) is 24.2 Å². The predicted octanol–water partition coefficient (Wildman–Crippen LogP) is 4.35. The second-order valence-electron chi connectivity index (χ2n) is 7.30. The van der Waals surface area contributed by atoms with Crippen LogP contribution in [0.25, 0.3) is 0 Å². The highest BCUT2D eigenvalue weighted by Gasteiger charge is 2.48. The number of rotatable bonds is 6. The van der Waals surface area contributed by atoms with Gasteiger partial charge in [-0.2, -0.15) is 0 Å². The van der Waals surface area contributed by atoms with Crippen molar-refractivity contribution in [2.24, 2.45) is 11.3 Å². The lowest BCUT2D eigenvalue weighted by Gasteiger charge is -2.08. The molecule has 1 aliphatic carbocycles. The van der Waals surface area contributed by atoms with Gasteiger partial charge < -0.3 is 5.32 Å². The molecule has 0 aromatic carbocycles. The highest BCUT2D eigenvalue weighted by molar-refractivity contribution is 7.11. The molecule has 0 amide bonds. The van der Waals surface area contributed by atoms with Gasteiger partial charge in [-0.15, -0.1) is 11.3 Å². The maximum atomic E-state index is 4.96. The van der Waals surface area contributed by atoms with Gasteiger partial charge in [0.15, 0.2) is 0 Å². The van der Waals surface area contributed by atoms with Crippen LogP contribution in [0, 0.1) is 11.3 Å². The highest BCUT2D eigenvalue weighted by Crippen LogP contribution is 2.59. The molecule has 108 valence electrons. The molecule has 19 heavy (non-hydrogen) atoms. The van der Waals surface area contributed by atoms with Crippen LogP contribution in [-0.2, 0) is 13.0 Å². The van der Waals surface area contributed by atoms with Gasteiger partial charge in [0.2, 0.25) is 0 Å². The Labute approximate surface area is 122 Å². The van der Waals surface area contributed by atoms with Crippen LogP contribution in [0.5, 0.6) is 0 Å². The average molecular weight is 280 g/mol. The van der Waals surface area contributed by atoms with E-state index in [0.717, 1.165) is 13.0 Å². The summed E-state index contributed by atoms with van der Waals surface area (Å²) >= 11 is 1.94. The third kappa shape index (κ3) is 3.79. The first-order chi connectivity index (χ1) is 8.79. The van der Waals surface area contributed by atoms with Crippen molar-refractivity contribution in [2.75, 3.05) is 0 Å². The molecule has 1 fully saturated rings. The molecule has 1 heterocycles. The van der Waals surface area contributed by atoms with E-state index in [2.05, 4.69) is 46.9 Å². The quantitative estimate of drug-likeness (QED) is 0.838. The van der Waals surface area contributed by atoms with Crippen molar-refractivity contribution in [2.45, 2.75) is 72.9 Å². The molecule has 1 atom stereocenters. The summed E-state index contributed by atoms with van der Waals surface area (Å²) in [5.41, 5.74) is 1.82. The Morgan fingerprint density at radius 2 is 1.95 bits per heavy atom. The topological polar surface area (TPSA) is 24.9 Å². The largest absolute Gasteiger partial charge is 0.310 e. The molecular weight excluding hydrogens is 252 g/mol. The second kappa shape index (κ2) is 5.53. The van der Waals surface area contributed by atoms with Gasteiger partial charge in [-0.3, -0.25) is 0 Å². The van der Waals surface area contributed by atoms with Gasteiger partial charge in [0.05, 0.1) is 10.7 Å². The number of nitrogens with one attached hydrogen (secondary N) is 1. The summed E-state index contributed by atoms with van der Waals surface area (Å²) in [6, 6.07) is 0.537. The number of hydrogen-bond acceptors (Lipinski definition) is 3. The molecule has 3 heteroatoms. The molecule has 1 saturated carbocycles. The van der Waals surface area contributed by atoms with Crippen LogP contribution in [0.2, 0.25) is 0 Å². The van der Waals surface area contributed by atoms with Crippen LogP contribution < -0.4 is 5.32 Å². The first kappa shape index (κ1) is 15.0. The summed E-state index contributed by atoms with van der Waals surface area (Å²) in [7, 11) is 0. The van der Waals surface area contributed by atoms with Crippen LogP contribution in [0.3, 0.4) is 0 Å². The monoisotopic (exact) mass is 280 g/mol. The minimum atomic E-state index is 0.482. The van der Waals surface area contributed by atoms with Crippen molar-refractivity contribution in [1.29, 1.82) is 0 Å². The standard InChI is InChI=1S/C16H28N2S/c1-10(2)7-13-14(9-17-11(3)4)19-15(18-13)12-8-16(12,5)6/h10-12,17H,7-9H2,1-6H3. The minimum Gasteiger partial charge on any atom is -0.310 e. The lowest BCUT2D eigenvalue weighted by molar-refractivity contribution is 0.580. The van der Waals surface area contributed by atoms with E-state index in [4.69, 9.17) is 4.98 Å². The molecule has 0 saturated heterocycles. The maximum absolute atomic E-state index is 4.96. The Balaban J connectivity index is 2.14. The lowest BCUT2D eigenvalue weighted by Crippen LogP contribution is -2.22. The van der Waals surface area contributed by atoms with Crippen LogP contribution in [0.1, 0.15) is 69.5 Å². The fourth-order valence-electron chi connectivity index (χ4n) is 2.42. The molecule has 1 aromatic rings. The highest BCUT2D eigenvalue weighted by atomic mass is 32.1. The molecule has 0 bridgehead atoms. The van der Waals surface area contributed by atoms with Crippen molar-refractivity contribution in [3.63, 3.8) is 0 Å². The first-order valence-corrected chi connectivity index (χ1v) is 8.33. The number of hydrogen-bond donors (Lipinski definition) is 1. The molecule has 1 N–H and O–H groups in total. The smallest absolute Gasteiger partial charge is 0.0968 e. The molecule has 2 nitrogen and oxygen atoms in total. The van der Waals surface area contributed by atoms with Crippen molar-refractivity contribution in [3.8, 4) is 0 Å². The van der Waals surface area contributed by atoms with Crippen molar-refractivity contribution < 1.29 is 0 Å². The molecule has 1 aromatic heterocycles. The van der Waals surface area contributed by atoms with Gasteiger partial charge >= 0.3 is 0 Å². The second-order valence-corrected chi connectivity index (χ2v) is 8.42. The van der Waals surface area contributed by atoms with E-state index in [1.165, 1.54) is 22.0 Å². The normalized spacial score (nSPS) is 21.4. The van der Waals surface area contributed by atoms with E-state index < -0.39 is 0 Å². The van der Waals surface area contributed by atoms with E-state index in [9.17, 15) is 0 Å². The summed E-state index contributed by atoms with van der Waals surface area (Å²) in [5, 5.41) is 4.92. The fraction of sp³-hybridized carbons (Fsp3) is 0.812. The van der Waals surface area contributed by atoms with Gasteiger partial charge in [0, 0.05) is 23.4 Å². The number of thiazole rings is 1.